The zero-order valence-corrected chi connectivity index (χ0v) is 14.9. The third-order valence-corrected chi connectivity index (χ3v) is 4.17. The molecule has 1 aliphatic rings. The number of halogens is 1. The second kappa shape index (κ2) is 7.03. The molecule has 25 heavy (non-hydrogen) atoms. The molecule has 0 saturated carbocycles. The number of carbonyl (C=O) groups excluding carboxylic acids is 1. The van der Waals surface area contributed by atoms with Crippen LogP contribution in [0.15, 0.2) is 55.2 Å². The van der Waals surface area contributed by atoms with Crippen LogP contribution in [0.3, 0.4) is 0 Å². The van der Waals surface area contributed by atoms with Gasteiger partial charge in [0.2, 0.25) is 0 Å². The van der Waals surface area contributed by atoms with Crippen LogP contribution in [-0.4, -0.2) is 20.8 Å². The number of benzene rings is 1. The summed E-state index contributed by atoms with van der Waals surface area (Å²) < 4.78 is 0. The van der Waals surface area contributed by atoms with Crippen LogP contribution in [0.5, 0.6) is 0 Å². The van der Waals surface area contributed by atoms with Gasteiger partial charge in [-0.1, -0.05) is 50.2 Å². The zero-order valence-electron chi connectivity index (χ0n) is 14.2. The van der Waals surface area contributed by atoms with Crippen LogP contribution in [0.2, 0.25) is 5.15 Å². The monoisotopic (exact) mass is 351 g/mol. The van der Waals surface area contributed by atoms with Gasteiger partial charge in [-0.2, -0.15) is 0 Å². The van der Waals surface area contributed by atoms with Crippen molar-refractivity contribution in [1.82, 2.24) is 14.9 Å². The van der Waals surface area contributed by atoms with Crippen molar-refractivity contribution in [2.45, 2.75) is 20.4 Å². The summed E-state index contributed by atoms with van der Waals surface area (Å²) in [4.78, 5) is 22.9. The number of carbonyl (C=O) groups is 1. The Labute approximate surface area is 151 Å². The van der Waals surface area contributed by atoms with Crippen molar-refractivity contribution in [3.05, 3.63) is 77.2 Å². The highest BCUT2D eigenvalue weighted by molar-refractivity contribution is 6.29. The molecule has 0 fully saturated rings. The molecule has 0 radical (unpaired) electrons. The van der Waals surface area contributed by atoms with Crippen LogP contribution in [0.1, 0.15) is 35.5 Å². The Morgan fingerprint density at radius 1 is 1.12 bits per heavy atom. The van der Waals surface area contributed by atoms with Crippen LogP contribution in [0.25, 0.3) is 16.6 Å². The standard InChI is InChI=1S/C18H12ClN3O.C2H6/c1-11-14-4-2-3-5-15(14)18(23)22(11)10-13-8-16-12(9-20-13)6-7-17(19)21-16;1-2/h2-9H,1,10H2;1-2H3. The Bertz CT molecular complexity index is 933. The number of hydrogen-bond acceptors (Lipinski definition) is 3. The van der Waals surface area contributed by atoms with Crippen molar-refractivity contribution in [2.24, 2.45) is 0 Å². The minimum atomic E-state index is -0.0495. The fourth-order valence-electron chi connectivity index (χ4n) is 2.78. The van der Waals surface area contributed by atoms with Gasteiger partial charge in [0.1, 0.15) is 5.15 Å². The molecular formula is C20H18ClN3O. The number of pyridine rings is 2. The molecule has 1 aliphatic heterocycles. The fourth-order valence-corrected chi connectivity index (χ4v) is 2.94. The van der Waals surface area contributed by atoms with E-state index in [1.165, 1.54) is 0 Å². The second-order valence-corrected chi connectivity index (χ2v) is 5.77. The second-order valence-electron chi connectivity index (χ2n) is 5.39. The van der Waals surface area contributed by atoms with Gasteiger partial charge in [-0.15, -0.1) is 0 Å². The fraction of sp³-hybridized carbons (Fsp3) is 0.150. The molecule has 3 aromatic rings. The van der Waals surface area contributed by atoms with E-state index in [-0.39, 0.29) is 5.91 Å². The average Bonchev–Trinajstić information content (AvgIpc) is 2.88. The van der Waals surface area contributed by atoms with E-state index in [2.05, 4.69) is 16.5 Å². The van der Waals surface area contributed by atoms with Crippen LogP contribution in [0, 0.1) is 0 Å². The Morgan fingerprint density at radius 2 is 1.84 bits per heavy atom. The van der Waals surface area contributed by atoms with Gasteiger partial charge in [0.25, 0.3) is 5.91 Å². The summed E-state index contributed by atoms with van der Waals surface area (Å²) >= 11 is 5.94. The lowest BCUT2D eigenvalue weighted by Crippen LogP contribution is -2.22. The van der Waals surface area contributed by atoms with E-state index in [0.29, 0.717) is 23.0 Å². The SMILES string of the molecule is C=C1c2ccccc2C(=O)N1Cc1cc2nc(Cl)ccc2cn1.CC. The summed E-state index contributed by atoms with van der Waals surface area (Å²) in [6, 6.07) is 12.9. The molecule has 0 aliphatic carbocycles. The summed E-state index contributed by atoms with van der Waals surface area (Å²) in [6.07, 6.45) is 1.74. The molecule has 1 amide bonds. The normalized spacial score (nSPS) is 12.8. The van der Waals surface area contributed by atoms with E-state index >= 15 is 0 Å². The van der Waals surface area contributed by atoms with E-state index in [0.717, 1.165) is 22.2 Å². The highest BCUT2D eigenvalue weighted by atomic mass is 35.5. The molecule has 4 nitrogen and oxygen atoms in total. The van der Waals surface area contributed by atoms with Gasteiger partial charge in [-0.25, -0.2) is 4.98 Å². The Morgan fingerprint density at radius 3 is 2.56 bits per heavy atom. The predicted molar refractivity (Wildman–Crippen MR) is 101 cm³/mol. The topological polar surface area (TPSA) is 46.1 Å². The first-order chi connectivity index (χ1) is 12.1. The summed E-state index contributed by atoms with van der Waals surface area (Å²) in [7, 11) is 0. The zero-order chi connectivity index (χ0) is 18.0. The first kappa shape index (κ1) is 17.1. The molecule has 0 bridgehead atoms. The number of aromatic nitrogens is 2. The molecule has 126 valence electrons. The number of hydrogen-bond donors (Lipinski definition) is 0. The maximum Gasteiger partial charge on any atom is 0.259 e. The Balaban J connectivity index is 0.000000880. The van der Waals surface area contributed by atoms with E-state index < -0.39 is 0 Å². The number of nitrogens with zero attached hydrogens (tertiary/aromatic N) is 3. The molecule has 0 spiro atoms. The van der Waals surface area contributed by atoms with Crippen molar-refractivity contribution in [3.63, 3.8) is 0 Å². The van der Waals surface area contributed by atoms with Crippen LogP contribution >= 0.6 is 11.6 Å². The van der Waals surface area contributed by atoms with Crippen molar-refractivity contribution in [3.8, 4) is 0 Å². The first-order valence-electron chi connectivity index (χ1n) is 8.15. The summed E-state index contributed by atoms with van der Waals surface area (Å²) in [6.45, 7) is 8.40. The van der Waals surface area contributed by atoms with Crippen LogP contribution in [-0.2, 0) is 6.54 Å². The van der Waals surface area contributed by atoms with Crippen LogP contribution < -0.4 is 0 Å². The molecule has 5 heteroatoms. The highest BCUT2D eigenvalue weighted by Crippen LogP contribution is 2.32. The molecule has 0 unspecified atom stereocenters. The van der Waals surface area contributed by atoms with Crippen molar-refractivity contribution < 1.29 is 4.79 Å². The van der Waals surface area contributed by atoms with Gasteiger partial charge in [-0.3, -0.25) is 9.78 Å². The molecule has 2 aromatic heterocycles. The van der Waals surface area contributed by atoms with Crippen LogP contribution in [0.4, 0.5) is 0 Å². The van der Waals surface area contributed by atoms with Gasteiger partial charge in [0.05, 0.1) is 17.8 Å². The lowest BCUT2D eigenvalue weighted by molar-refractivity contribution is 0.0842. The maximum absolute atomic E-state index is 12.5. The van der Waals surface area contributed by atoms with Crippen molar-refractivity contribution in [1.29, 1.82) is 0 Å². The van der Waals surface area contributed by atoms with Crippen molar-refractivity contribution in [2.75, 3.05) is 0 Å². The number of rotatable bonds is 2. The molecule has 4 rings (SSSR count). The van der Waals surface area contributed by atoms with Gasteiger partial charge in [0.15, 0.2) is 0 Å². The van der Waals surface area contributed by atoms with Gasteiger partial charge in [0, 0.05) is 28.4 Å². The third-order valence-electron chi connectivity index (χ3n) is 3.96. The molecule has 1 aromatic carbocycles. The van der Waals surface area contributed by atoms with Gasteiger partial charge in [-0.05, 0) is 24.3 Å². The highest BCUT2D eigenvalue weighted by Gasteiger charge is 2.30. The summed E-state index contributed by atoms with van der Waals surface area (Å²) in [5.41, 5.74) is 3.76. The summed E-state index contributed by atoms with van der Waals surface area (Å²) in [5, 5.41) is 1.34. The van der Waals surface area contributed by atoms with Crippen molar-refractivity contribution >= 4 is 34.1 Å². The maximum atomic E-state index is 12.5. The average molecular weight is 352 g/mol. The molecule has 3 heterocycles. The quantitative estimate of drug-likeness (QED) is 0.614. The van der Waals surface area contributed by atoms with E-state index in [9.17, 15) is 4.79 Å². The van der Waals surface area contributed by atoms with E-state index in [1.54, 1.807) is 17.2 Å². The molecule has 0 saturated heterocycles. The minimum absolute atomic E-state index is 0.0495. The molecule has 0 atom stereocenters. The summed E-state index contributed by atoms with van der Waals surface area (Å²) in [5.74, 6) is -0.0495. The first-order valence-corrected chi connectivity index (χ1v) is 8.52. The minimum Gasteiger partial charge on any atom is -0.302 e. The molecular weight excluding hydrogens is 334 g/mol. The lowest BCUT2D eigenvalue weighted by Gasteiger charge is -2.17. The third kappa shape index (κ3) is 3.13. The Hall–Kier alpha value is -2.72. The lowest BCUT2D eigenvalue weighted by atomic mass is 10.1. The number of amides is 1. The van der Waals surface area contributed by atoms with E-state index in [1.807, 2.05) is 50.2 Å². The predicted octanol–water partition coefficient (Wildman–Crippen LogP) is 4.94. The Kier molecular flexibility index (Phi) is 4.81. The van der Waals surface area contributed by atoms with E-state index in [4.69, 9.17) is 11.6 Å². The van der Waals surface area contributed by atoms with Gasteiger partial charge < -0.3 is 4.90 Å². The largest absolute Gasteiger partial charge is 0.302 e. The molecule has 0 N–H and O–H groups in total. The number of fused-ring (bicyclic) bond motifs is 2. The smallest absolute Gasteiger partial charge is 0.259 e. The van der Waals surface area contributed by atoms with Gasteiger partial charge >= 0.3 is 0 Å².